The number of carbonyl (C=O) groups is 2. The fraction of sp³-hybridized carbons (Fsp3) is 0.474. The molecule has 7 heteroatoms. The maximum Gasteiger partial charge on any atom is 0.270 e. The molecule has 0 aliphatic carbocycles. The number of aromatic nitrogens is 1. The first-order valence-electron chi connectivity index (χ1n) is 8.78. The molecule has 1 spiro atoms. The molecule has 1 N–H and O–H groups in total. The van der Waals surface area contributed by atoms with Gasteiger partial charge in [0, 0.05) is 43.8 Å². The second kappa shape index (κ2) is 6.63. The van der Waals surface area contributed by atoms with E-state index in [2.05, 4.69) is 4.98 Å². The molecule has 2 amide bonds. The largest absolute Gasteiger partial charge is 0.367 e. The Hall–Kier alpha value is -1.99. The number of ether oxygens (including phenoxy) is 1. The third kappa shape index (κ3) is 3.21. The number of aromatic amines is 1. The van der Waals surface area contributed by atoms with E-state index in [1.54, 1.807) is 19.0 Å². The Labute approximate surface area is 156 Å². The average molecular weight is 373 g/mol. The molecule has 2 aliphatic rings. The van der Waals surface area contributed by atoms with Crippen LogP contribution in [0.3, 0.4) is 0 Å². The summed E-state index contributed by atoms with van der Waals surface area (Å²) >= 11 is 1.87. The number of fused-ring (bicyclic) bond motifs is 1. The Balaban J connectivity index is 1.32. The average Bonchev–Trinajstić information content (AvgIpc) is 3.21. The van der Waals surface area contributed by atoms with Crippen molar-refractivity contribution in [2.75, 3.05) is 39.5 Å². The monoisotopic (exact) mass is 373 g/mol. The van der Waals surface area contributed by atoms with Crippen LogP contribution in [0.1, 0.15) is 16.9 Å². The highest BCUT2D eigenvalue weighted by Crippen LogP contribution is 2.46. The van der Waals surface area contributed by atoms with Gasteiger partial charge in [0.15, 0.2) is 0 Å². The van der Waals surface area contributed by atoms with E-state index in [0.29, 0.717) is 5.69 Å². The van der Waals surface area contributed by atoms with Crippen LogP contribution in [0.5, 0.6) is 0 Å². The molecule has 2 saturated heterocycles. The number of nitrogens with zero attached hydrogens (tertiary/aromatic N) is 2. The van der Waals surface area contributed by atoms with Gasteiger partial charge in [-0.3, -0.25) is 9.59 Å². The van der Waals surface area contributed by atoms with Gasteiger partial charge in [0.05, 0.1) is 10.9 Å². The zero-order valence-electron chi connectivity index (χ0n) is 15.0. The molecule has 1 unspecified atom stereocenters. The van der Waals surface area contributed by atoms with Crippen molar-refractivity contribution in [2.45, 2.75) is 17.3 Å². The predicted octanol–water partition coefficient (Wildman–Crippen LogP) is 1.97. The number of likely N-dealkylation sites (N-methyl/N-ethyl adjacent to an activating group) is 1. The molecule has 0 saturated carbocycles. The molecule has 0 bridgehead atoms. The van der Waals surface area contributed by atoms with Crippen LogP contribution in [-0.2, 0) is 9.53 Å². The van der Waals surface area contributed by atoms with Crippen molar-refractivity contribution < 1.29 is 14.3 Å². The fourth-order valence-electron chi connectivity index (χ4n) is 3.60. The first kappa shape index (κ1) is 17.4. The van der Waals surface area contributed by atoms with Gasteiger partial charge in [-0.1, -0.05) is 18.2 Å². The third-order valence-electron chi connectivity index (χ3n) is 5.12. The number of H-pyrrole nitrogens is 1. The minimum Gasteiger partial charge on any atom is -0.367 e. The quantitative estimate of drug-likeness (QED) is 0.890. The number of amides is 2. The normalized spacial score (nSPS) is 21.2. The van der Waals surface area contributed by atoms with Crippen molar-refractivity contribution in [3.8, 4) is 0 Å². The van der Waals surface area contributed by atoms with Crippen LogP contribution in [0, 0.1) is 0 Å². The number of hydrogen-bond donors (Lipinski definition) is 1. The first-order chi connectivity index (χ1) is 12.5. The number of hydrogen-bond acceptors (Lipinski definition) is 4. The summed E-state index contributed by atoms with van der Waals surface area (Å²) in [6.45, 7) is 1.62. The summed E-state index contributed by atoms with van der Waals surface area (Å²) in [7, 11) is 3.46. The highest BCUT2D eigenvalue weighted by Gasteiger charge is 2.51. The maximum atomic E-state index is 12.7. The molecule has 1 aromatic carbocycles. The summed E-state index contributed by atoms with van der Waals surface area (Å²) in [5.41, 5.74) is 1.63. The smallest absolute Gasteiger partial charge is 0.270 e. The number of thioether (sulfide) groups is 1. The Kier molecular flexibility index (Phi) is 4.44. The molecule has 3 heterocycles. The van der Waals surface area contributed by atoms with Gasteiger partial charge in [0.25, 0.3) is 5.91 Å². The van der Waals surface area contributed by atoms with Gasteiger partial charge in [-0.2, -0.15) is 0 Å². The molecule has 26 heavy (non-hydrogen) atoms. The van der Waals surface area contributed by atoms with E-state index < -0.39 is 0 Å². The minimum atomic E-state index is -0.0137. The van der Waals surface area contributed by atoms with E-state index in [-0.39, 0.29) is 29.3 Å². The Morgan fingerprint density at radius 3 is 2.85 bits per heavy atom. The predicted molar refractivity (Wildman–Crippen MR) is 102 cm³/mol. The zero-order valence-corrected chi connectivity index (χ0v) is 15.8. The van der Waals surface area contributed by atoms with Crippen LogP contribution in [0.15, 0.2) is 30.3 Å². The fourth-order valence-corrected chi connectivity index (χ4v) is 5.15. The maximum absolute atomic E-state index is 12.7. The van der Waals surface area contributed by atoms with Crippen molar-refractivity contribution in [1.82, 2.24) is 14.8 Å². The van der Waals surface area contributed by atoms with Crippen LogP contribution >= 0.6 is 11.8 Å². The molecule has 4 rings (SSSR count). The summed E-state index contributed by atoms with van der Waals surface area (Å²) in [5, 5.41) is 1.06. The summed E-state index contributed by atoms with van der Waals surface area (Å²) in [5.74, 6) is 0.925. The number of likely N-dealkylation sites (tertiary alicyclic amines) is 1. The number of rotatable bonds is 4. The van der Waals surface area contributed by atoms with Gasteiger partial charge < -0.3 is 19.5 Å². The summed E-state index contributed by atoms with van der Waals surface area (Å²) in [6, 6.07) is 9.84. The zero-order chi connectivity index (χ0) is 18.3. The van der Waals surface area contributed by atoms with E-state index in [1.807, 2.05) is 47.0 Å². The van der Waals surface area contributed by atoms with Crippen LogP contribution < -0.4 is 0 Å². The van der Waals surface area contributed by atoms with E-state index in [9.17, 15) is 9.59 Å². The molecule has 2 aromatic rings. The second-order valence-corrected chi connectivity index (χ2v) is 8.84. The van der Waals surface area contributed by atoms with Crippen LogP contribution in [0.25, 0.3) is 10.9 Å². The van der Waals surface area contributed by atoms with Crippen molar-refractivity contribution in [3.05, 3.63) is 36.0 Å². The molecule has 1 atom stereocenters. The molecule has 138 valence electrons. The highest BCUT2D eigenvalue weighted by atomic mass is 32.2. The van der Waals surface area contributed by atoms with Crippen molar-refractivity contribution >= 4 is 34.5 Å². The second-order valence-electron chi connectivity index (χ2n) is 7.35. The van der Waals surface area contributed by atoms with Gasteiger partial charge in [-0.25, -0.2) is 0 Å². The molecular formula is C19H23N3O3S. The Morgan fingerprint density at radius 1 is 1.35 bits per heavy atom. The van der Waals surface area contributed by atoms with Gasteiger partial charge in [-0.15, -0.1) is 11.8 Å². The minimum absolute atomic E-state index is 0.0137. The standard InChI is InChI=1S/C19H23N3O3S/c1-21(2)17(23)9-25-14-8-19(26-10-14)11-22(12-19)18(24)16-7-13-5-3-4-6-15(13)20-16/h3-7,14,20H,8-12H2,1-2H3. The summed E-state index contributed by atoms with van der Waals surface area (Å²) in [6.07, 6.45) is 0.990. The van der Waals surface area contributed by atoms with E-state index >= 15 is 0 Å². The number of para-hydroxylation sites is 1. The van der Waals surface area contributed by atoms with Crippen molar-refractivity contribution in [3.63, 3.8) is 0 Å². The van der Waals surface area contributed by atoms with Crippen molar-refractivity contribution in [2.24, 2.45) is 0 Å². The molecule has 1 aromatic heterocycles. The number of nitrogens with one attached hydrogen (secondary N) is 1. The molecule has 2 fully saturated rings. The number of benzene rings is 1. The van der Waals surface area contributed by atoms with E-state index in [1.165, 1.54) is 0 Å². The van der Waals surface area contributed by atoms with E-state index in [0.717, 1.165) is 36.2 Å². The van der Waals surface area contributed by atoms with Crippen LogP contribution in [0.4, 0.5) is 0 Å². The van der Waals surface area contributed by atoms with Crippen molar-refractivity contribution in [1.29, 1.82) is 0 Å². The lowest BCUT2D eigenvalue weighted by atomic mass is 9.92. The number of carbonyl (C=O) groups excluding carboxylic acids is 2. The highest BCUT2D eigenvalue weighted by molar-refractivity contribution is 8.01. The van der Waals surface area contributed by atoms with Gasteiger partial charge in [0.2, 0.25) is 5.91 Å². The summed E-state index contributed by atoms with van der Waals surface area (Å²) in [4.78, 5) is 31.0. The topological polar surface area (TPSA) is 65.6 Å². The van der Waals surface area contributed by atoms with Crippen LogP contribution in [-0.4, -0.2) is 77.0 Å². The summed E-state index contributed by atoms with van der Waals surface area (Å²) < 4.78 is 5.85. The lowest BCUT2D eigenvalue weighted by Crippen LogP contribution is -2.60. The van der Waals surface area contributed by atoms with Gasteiger partial charge in [0.1, 0.15) is 12.3 Å². The van der Waals surface area contributed by atoms with Crippen LogP contribution in [0.2, 0.25) is 0 Å². The van der Waals surface area contributed by atoms with Gasteiger partial charge in [-0.05, 0) is 18.6 Å². The Bertz CT molecular complexity index is 808. The molecular weight excluding hydrogens is 350 g/mol. The molecule has 6 nitrogen and oxygen atoms in total. The lowest BCUT2D eigenvalue weighted by Gasteiger charge is -2.47. The first-order valence-corrected chi connectivity index (χ1v) is 9.77. The lowest BCUT2D eigenvalue weighted by molar-refractivity contribution is -0.135. The SMILES string of the molecule is CN(C)C(=O)COC1CSC2(C1)CN(C(=O)c1cc3ccccc3[nH]1)C2. The Morgan fingerprint density at radius 2 is 2.12 bits per heavy atom. The molecule has 2 aliphatic heterocycles. The van der Waals surface area contributed by atoms with Gasteiger partial charge >= 0.3 is 0 Å². The third-order valence-corrected chi connectivity index (χ3v) is 6.70. The van der Waals surface area contributed by atoms with E-state index in [4.69, 9.17) is 4.74 Å². The molecule has 0 radical (unpaired) electrons.